The second-order valence-corrected chi connectivity index (χ2v) is 7.58. The number of nitriles is 1. The molecule has 1 fully saturated rings. The summed E-state index contributed by atoms with van der Waals surface area (Å²) < 4.78 is 5.81. The lowest BCUT2D eigenvalue weighted by atomic mass is 9.86. The number of halogens is 1. The molecule has 28 heavy (non-hydrogen) atoms. The minimum atomic E-state index is -0.315. The third kappa shape index (κ3) is 5.37. The molecule has 2 aromatic rings. The topological polar surface area (TPSA) is 62.1 Å². The summed E-state index contributed by atoms with van der Waals surface area (Å²) in [6.45, 7) is 2.15. The lowest BCUT2D eigenvalue weighted by molar-refractivity contribution is -0.118. The Morgan fingerprint density at radius 2 is 1.93 bits per heavy atom. The summed E-state index contributed by atoms with van der Waals surface area (Å²) in [5.74, 6) is 1.41. The van der Waals surface area contributed by atoms with E-state index in [2.05, 4.69) is 12.2 Å². The quantitative estimate of drug-likeness (QED) is 0.520. The van der Waals surface area contributed by atoms with Crippen LogP contribution in [0.3, 0.4) is 0 Å². The fraction of sp³-hybridized carbons (Fsp3) is 0.304. The van der Waals surface area contributed by atoms with Gasteiger partial charge in [0.25, 0.3) is 5.91 Å². The van der Waals surface area contributed by atoms with Gasteiger partial charge in [-0.15, -0.1) is 0 Å². The maximum Gasteiger partial charge on any atom is 0.262 e. The number of nitrogens with one attached hydrogen (secondary N) is 1. The van der Waals surface area contributed by atoms with Gasteiger partial charge >= 0.3 is 0 Å². The van der Waals surface area contributed by atoms with Crippen LogP contribution >= 0.6 is 11.6 Å². The highest BCUT2D eigenvalue weighted by atomic mass is 35.5. The van der Waals surface area contributed by atoms with Gasteiger partial charge in [0, 0.05) is 11.1 Å². The zero-order chi connectivity index (χ0) is 19.9. The van der Waals surface area contributed by atoms with E-state index in [1.807, 2.05) is 24.3 Å². The Balaban J connectivity index is 1.72. The molecular formula is C23H23ClN2O2. The number of amides is 1. The predicted molar refractivity (Wildman–Crippen MR) is 111 cm³/mol. The Bertz CT molecular complexity index is 900. The molecule has 5 heteroatoms. The number of rotatable bonds is 5. The highest BCUT2D eigenvalue weighted by Gasteiger charge is 2.24. The maximum atomic E-state index is 12.6. The summed E-state index contributed by atoms with van der Waals surface area (Å²) >= 11 is 5.89. The second kappa shape index (κ2) is 9.43. The van der Waals surface area contributed by atoms with Crippen molar-refractivity contribution < 1.29 is 9.53 Å². The normalized spacial score (nSPS) is 19.5. The molecule has 0 unspecified atom stereocenters. The van der Waals surface area contributed by atoms with Gasteiger partial charge in [-0.25, -0.2) is 0 Å². The van der Waals surface area contributed by atoms with Crippen LogP contribution in [0.5, 0.6) is 11.5 Å². The van der Waals surface area contributed by atoms with Crippen LogP contribution < -0.4 is 10.1 Å². The van der Waals surface area contributed by atoms with E-state index in [-0.39, 0.29) is 17.5 Å². The van der Waals surface area contributed by atoms with Gasteiger partial charge in [-0.3, -0.25) is 4.79 Å². The molecule has 2 atom stereocenters. The van der Waals surface area contributed by atoms with E-state index in [9.17, 15) is 10.1 Å². The number of carbonyl (C=O) groups excluding carboxylic acids is 1. The summed E-state index contributed by atoms with van der Waals surface area (Å²) in [5, 5.41) is 13.1. The van der Waals surface area contributed by atoms with Crippen LogP contribution in [0, 0.1) is 17.2 Å². The number of nitrogens with zero attached hydrogens (tertiary/aromatic N) is 1. The maximum absolute atomic E-state index is 12.6. The van der Waals surface area contributed by atoms with Crippen LogP contribution in [0.2, 0.25) is 5.02 Å². The van der Waals surface area contributed by atoms with Crippen molar-refractivity contribution in [2.24, 2.45) is 5.92 Å². The van der Waals surface area contributed by atoms with Gasteiger partial charge in [0.1, 0.15) is 23.1 Å². The molecule has 1 aliphatic carbocycles. The van der Waals surface area contributed by atoms with Gasteiger partial charge in [-0.1, -0.05) is 43.5 Å². The summed E-state index contributed by atoms with van der Waals surface area (Å²) in [6, 6.07) is 16.5. The third-order valence-corrected chi connectivity index (χ3v) is 5.26. The van der Waals surface area contributed by atoms with Crippen LogP contribution in [0.1, 0.15) is 38.2 Å². The van der Waals surface area contributed by atoms with Gasteiger partial charge in [0.05, 0.1) is 0 Å². The van der Waals surface area contributed by atoms with Crippen molar-refractivity contribution in [2.75, 3.05) is 0 Å². The van der Waals surface area contributed by atoms with Crippen LogP contribution in [0.15, 0.2) is 54.1 Å². The Kier molecular flexibility index (Phi) is 6.73. The van der Waals surface area contributed by atoms with Crippen molar-refractivity contribution in [3.63, 3.8) is 0 Å². The fourth-order valence-corrected chi connectivity index (χ4v) is 3.52. The summed E-state index contributed by atoms with van der Waals surface area (Å²) in [5.41, 5.74) is 0.830. The standard InChI is InChI=1S/C23H23ClN2O2/c1-16-5-2-3-8-22(16)26-23(27)18(15-25)13-17-6-4-7-21(14-17)28-20-11-9-19(24)10-12-20/h4,6-7,9-14,16,22H,2-3,5,8H2,1H3,(H,26,27)/b18-13+/t16-,22-/m0/s1. The number of ether oxygens (including phenoxy) is 1. The molecule has 0 heterocycles. The molecule has 4 nitrogen and oxygen atoms in total. The molecular weight excluding hydrogens is 372 g/mol. The number of hydrogen-bond acceptors (Lipinski definition) is 3. The SMILES string of the molecule is C[C@H]1CCCC[C@@H]1NC(=O)/C(C#N)=C/c1cccc(Oc2ccc(Cl)cc2)c1. The van der Waals surface area contributed by atoms with Crippen LogP contribution in [0.25, 0.3) is 6.08 Å². The van der Waals surface area contributed by atoms with E-state index in [0.29, 0.717) is 22.4 Å². The Labute approximate surface area is 170 Å². The minimum absolute atomic E-state index is 0.0985. The smallest absolute Gasteiger partial charge is 0.262 e. The average Bonchev–Trinajstić information content (AvgIpc) is 2.70. The largest absolute Gasteiger partial charge is 0.457 e. The van der Waals surface area contributed by atoms with Crippen molar-refractivity contribution in [3.05, 3.63) is 64.7 Å². The van der Waals surface area contributed by atoms with E-state index < -0.39 is 0 Å². The number of carbonyl (C=O) groups is 1. The van der Waals surface area contributed by atoms with Crippen LogP contribution in [0.4, 0.5) is 0 Å². The van der Waals surface area contributed by atoms with E-state index in [1.165, 1.54) is 6.42 Å². The van der Waals surface area contributed by atoms with Gasteiger partial charge in [0.2, 0.25) is 0 Å². The van der Waals surface area contributed by atoms with Crippen molar-refractivity contribution in [3.8, 4) is 17.6 Å². The van der Waals surface area contributed by atoms with Crippen LogP contribution in [-0.2, 0) is 4.79 Å². The minimum Gasteiger partial charge on any atom is -0.457 e. The van der Waals surface area contributed by atoms with Crippen molar-refractivity contribution in [2.45, 2.75) is 38.6 Å². The molecule has 3 rings (SSSR count). The lowest BCUT2D eigenvalue weighted by Gasteiger charge is -2.29. The molecule has 144 valence electrons. The highest BCUT2D eigenvalue weighted by molar-refractivity contribution is 6.30. The fourth-order valence-electron chi connectivity index (χ4n) is 3.40. The van der Waals surface area contributed by atoms with Crippen LogP contribution in [-0.4, -0.2) is 11.9 Å². The molecule has 2 aromatic carbocycles. The lowest BCUT2D eigenvalue weighted by Crippen LogP contribution is -2.41. The summed E-state index contributed by atoms with van der Waals surface area (Å²) in [4.78, 5) is 12.6. The van der Waals surface area contributed by atoms with Crippen molar-refractivity contribution >= 4 is 23.6 Å². The Hall–Kier alpha value is -2.77. The van der Waals surface area contributed by atoms with E-state index in [0.717, 1.165) is 24.8 Å². The van der Waals surface area contributed by atoms with Gasteiger partial charge in [-0.05, 0) is 66.8 Å². The molecule has 1 aliphatic rings. The molecule has 0 spiro atoms. The number of hydrogen-bond donors (Lipinski definition) is 1. The second-order valence-electron chi connectivity index (χ2n) is 7.14. The molecule has 1 saturated carbocycles. The summed E-state index contributed by atoms with van der Waals surface area (Å²) in [6.07, 6.45) is 5.99. The molecule has 0 bridgehead atoms. The molecule has 0 saturated heterocycles. The molecule has 1 N–H and O–H groups in total. The first kappa shape index (κ1) is 20.0. The predicted octanol–water partition coefficient (Wildman–Crippen LogP) is 5.73. The molecule has 1 amide bonds. The van der Waals surface area contributed by atoms with E-state index >= 15 is 0 Å². The Morgan fingerprint density at radius 3 is 2.64 bits per heavy atom. The summed E-state index contributed by atoms with van der Waals surface area (Å²) in [7, 11) is 0. The van der Waals surface area contributed by atoms with Gasteiger partial charge in [0.15, 0.2) is 0 Å². The molecule has 0 radical (unpaired) electrons. The molecule has 0 aromatic heterocycles. The zero-order valence-electron chi connectivity index (χ0n) is 15.8. The highest BCUT2D eigenvalue weighted by Crippen LogP contribution is 2.26. The first-order valence-electron chi connectivity index (χ1n) is 9.51. The van der Waals surface area contributed by atoms with E-state index in [1.54, 1.807) is 36.4 Å². The number of benzene rings is 2. The first-order chi connectivity index (χ1) is 13.5. The average molecular weight is 395 g/mol. The van der Waals surface area contributed by atoms with E-state index in [4.69, 9.17) is 16.3 Å². The Morgan fingerprint density at radius 1 is 1.18 bits per heavy atom. The van der Waals surface area contributed by atoms with Gasteiger partial charge in [-0.2, -0.15) is 5.26 Å². The third-order valence-electron chi connectivity index (χ3n) is 5.01. The first-order valence-corrected chi connectivity index (χ1v) is 9.89. The molecule has 0 aliphatic heterocycles. The van der Waals surface area contributed by atoms with Crippen molar-refractivity contribution in [1.29, 1.82) is 5.26 Å². The van der Waals surface area contributed by atoms with Crippen molar-refractivity contribution in [1.82, 2.24) is 5.32 Å². The van der Waals surface area contributed by atoms with Gasteiger partial charge < -0.3 is 10.1 Å². The zero-order valence-corrected chi connectivity index (χ0v) is 16.6. The monoisotopic (exact) mass is 394 g/mol.